The first-order valence-corrected chi connectivity index (χ1v) is 10.3. The second-order valence-corrected chi connectivity index (χ2v) is 7.39. The molecule has 1 N–H and O–H groups in total. The molecule has 0 aliphatic carbocycles. The molecule has 0 saturated carbocycles. The van der Waals surface area contributed by atoms with E-state index in [4.69, 9.17) is 4.74 Å². The third-order valence-corrected chi connectivity index (χ3v) is 4.93. The molecule has 0 spiro atoms. The zero-order chi connectivity index (χ0) is 22.3. The monoisotopic (exact) mass is 425 g/mol. The Morgan fingerprint density at radius 1 is 0.875 bits per heavy atom. The molecule has 1 aromatic heterocycles. The summed E-state index contributed by atoms with van der Waals surface area (Å²) in [5.41, 5.74) is 3.57. The molecule has 0 fully saturated rings. The average Bonchev–Trinajstić information content (AvgIpc) is 3.22. The van der Waals surface area contributed by atoms with E-state index >= 15 is 0 Å². The number of rotatable bonds is 8. The summed E-state index contributed by atoms with van der Waals surface area (Å²) in [4.78, 5) is 24.5. The summed E-state index contributed by atoms with van der Waals surface area (Å²) < 4.78 is 7.61. The average molecular weight is 425 g/mol. The van der Waals surface area contributed by atoms with Crippen LogP contribution in [0.3, 0.4) is 0 Å². The quantitative estimate of drug-likeness (QED) is 0.405. The van der Waals surface area contributed by atoms with Crippen LogP contribution in [-0.4, -0.2) is 21.5 Å². The highest BCUT2D eigenvalue weighted by Crippen LogP contribution is 2.21. The van der Waals surface area contributed by atoms with Gasteiger partial charge in [0.1, 0.15) is 12.2 Å². The Labute approximate surface area is 186 Å². The molecular weight excluding hydrogens is 402 g/mol. The molecule has 0 aliphatic rings. The predicted molar refractivity (Wildman–Crippen MR) is 123 cm³/mol. The zero-order valence-corrected chi connectivity index (χ0v) is 17.7. The van der Waals surface area contributed by atoms with E-state index in [1.165, 1.54) is 6.92 Å². The zero-order valence-electron chi connectivity index (χ0n) is 17.7. The molecule has 6 heteroatoms. The minimum Gasteiger partial charge on any atom is -0.471 e. The summed E-state index contributed by atoms with van der Waals surface area (Å²) in [6.07, 6.45) is 1.69. The summed E-state index contributed by atoms with van der Waals surface area (Å²) in [7, 11) is 0. The molecule has 4 rings (SSSR count). The SMILES string of the molecule is CC(=O)c1ccc(NC(=O)c2cn(Cc3ccccc3)nc2OCc2ccccc2)cc1. The lowest BCUT2D eigenvalue weighted by Gasteiger charge is -2.07. The molecule has 0 bridgehead atoms. The number of ketones is 1. The lowest BCUT2D eigenvalue weighted by molar-refractivity contribution is 0.101. The van der Waals surface area contributed by atoms with Gasteiger partial charge in [0.25, 0.3) is 5.91 Å². The number of aromatic nitrogens is 2. The second-order valence-electron chi connectivity index (χ2n) is 7.39. The predicted octanol–water partition coefficient (Wildman–Crippen LogP) is 4.97. The number of Topliss-reactive ketones (excluding diaryl/α,β-unsaturated/α-hetero) is 1. The lowest BCUT2D eigenvalue weighted by atomic mass is 10.1. The van der Waals surface area contributed by atoms with Crippen molar-refractivity contribution in [2.45, 2.75) is 20.1 Å². The van der Waals surface area contributed by atoms with Crippen LogP contribution in [0.1, 0.15) is 38.8 Å². The second kappa shape index (κ2) is 9.75. The van der Waals surface area contributed by atoms with Gasteiger partial charge in [-0.25, -0.2) is 0 Å². The van der Waals surface area contributed by atoms with Crippen molar-refractivity contribution in [3.8, 4) is 5.88 Å². The Bertz CT molecular complexity index is 1200. The Morgan fingerprint density at radius 2 is 1.50 bits per heavy atom. The van der Waals surface area contributed by atoms with Crippen LogP contribution < -0.4 is 10.1 Å². The van der Waals surface area contributed by atoms with Crippen molar-refractivity contribution in [3.05, 3.63) is 113 Å². The molecule has 1 heterocycles. The fraction of sp³-hybridized carbons (Fsp3) is 0.115. The first-order chi connectivity index (χ1) is 15.6. The molecule has 1 amide bonds. The van der Waals surface area contributed by atoms with Gasteiger partial charge in [0.05, 0.1) is 6.54 Å². The van der Waals surface area contributed by atoms with Crippen molar-refractivity contribution in [2.75, 3.05) is 5.32 Å². The molecule has 0 saturated heterocycles. The van der Waals surface area contributed by atoms with E-state index in [-0.39, 0.29) is 17.6 Å². The molecule has 0 atom stereocenters. The topological polar surface area (TPSA) is 73.2 Å². The van der Waals surface area contributed by atoms with E-state index in [0.717, 1.165) is 11.1 Å². The van der Waals surface area contributed by atoms with Crippen LogP contribution in [0.2, 0.25) is 0 Å². The Morgan fingerprint density at radius 3 is 2.12 bits per heavy atom. The first kappa shape index (κ1) is 21.1. The van der Waals surface area contributed by atoms with Crippen LogP contribution in [0.4, 0.5) is 5.69 Å². The molecule has 0 unspecified atom stereocenters. The lowest BCUT2D eigenvalue weighted by Crippen LogP contribution is -2.13. The van der Waals surface area contributed by atoms with E-state index in [0.29, 0.717) is 30.0 Å². The van der Waals surface area contributed by atoms with Crippen LogP contribution in [0, 0.1) is 0 Å². The number of carbonyl (C=O) groups is 2. The van der Waals surface area contributed by atoms with Crippen LogP contribution in [-0.2, 0) is 13.2 Å². The van der Waals surface area contributed by atoms with Crippen LogP contribution in [0.15, 0.2) is 91.1 Å². The fourth-order valence-corrected chi connectivity index (χ4v) is 3.23. The van der Waals surface area contributed by atoms with E-state index < -0.39 is 0 Å². The maximum absolute atomic E-state index is 13.0. The smallest absolute Gasteiger partial charge is 0.262 e. The molecule has 3 aromatic carbocycles. The van der Waals surface area contributed by atoms with E-state index in [9.17, 15) is 9.59 Å². The van der Waals surface area contributed by atoms with Crippen molar-refractivity contribution in [3.63, 3.8) is 0 Å². The van der Waals surface area contributed by atoms with Gasteiger partial charge in [-0.1, -0.05) is 60.7 Å². The highest BCUT2D eigenvalue weighted by molar-refractivity contribution is 6.06. The summed E-state index contributed by atoms with van der Waals surface area (Å²) in [5.74, 6) is -0.0905. The number of hydrogen-bond donors (Lipinski definition) is 1. The molecule has 160 valence electrons. The summed E-state index contributed by atoms with van der Waals surface area (Å²) in [5, 5.41) is 7.37. The molecular formula is C26H23N3O3. The summed E-state index contributed by atoms with van der Waals surface area (Å²) in [6.45, 7) is 2.32. The summed E-state index contributed by atoms with van der Waals surface area (Å²) in [6, 6.07) is 26.4. The molecule has 4 aromatic rings. The Kier molecular flexibility index (Phi) is 6.41. The van der Waals surface area contributed by atoms with Gasteiger partial charge in [0, 0.05) is 17.4 Å². The molecule has 32 heavy (non-hydrogen) atoms. The van der Waals surface area contributed by atoms with Crippen LogP contribution >= 0.6 is 0 Å². The van der Waals surface area contributed by atoms with Crippen molar-refractivity contribution >= 4 is 17.4 Å². The van der Waals surface area contributed by atoms with Crippen molar-refractivity contribution in [1.82, 2.24) is 9.78 Å². The fourth-order valence-electron chi connectivity index (χ4n) is 3.23. The number of amides is 1. The minimum atomic E-state index is -0.331. The normalized spacial score (nSPS) is 10.5. The van der Waals surface area contributed by atoms with Gasteiger partial charge in [0.15, 0.2) is 5.78 Å². The third-order valence-electron chi connectivity index (χ3n) is 4.93. The number of hydrogen-bond acceptors (Lipinski definition) is 4. The van der Waals surface area contributed by atoms with Crippen molar-refractivity contribution in [2.24, 2.45) is 0 Å². The van der Waals surface area contributed by atoms with E-state index in [1.54, 1.807) is 35.1 Å². The molecule has 6 nitrogen and oxygen atoms in total. The number of benzene rings is 3. The van der Waals surface area contributed by atoms with Crippen LogP contribution in [0.25, 0.3) is 0 Å². The largest absolute Gasteiger partial charge is 0.471 e. The maximum Gasteiger partial charge on any atom is 0.262 e. The standard InChI is InChI=1S/C26H23N3O3/c1-19(30)22-12-14-23(15-13-22)27-25(31)24-17-29(16-20-8-4-2-5-9-20)28-26(24)32-18-21-10-6-3-7-11-21/h2-15,17H,16,18H2,1H3,(H,27,31). The number of anilines is 1. The Hall–Kier alpha value is -4.19. The highest BCUT2D eigenvalue weighted by Gasteiger charge is 2.19. The number of ether oxygens (including phenoxy) is 1. The van der Waals surface area contributed by atoms with Gasteiger partial charge in [-0.3, -0.25) is 14.3 Å². The van der Waals surface area contributed by atoms with Crippen LogP contribution in [0.5, 0.6) is 5.88 Å². The first-order valence-electron chi connectivity index (χ1n) is 10.3. The van der Waals surface area contributed by atoms with Gasteiger partial charge in [-0.2, -0.15) is 0 Å². The molecule has 0 aliphatic heterocycles. The van der Waals surface area contributed by atoms with Crippen molar-refractivity contribution in [1.29, 1.82) is 0 Å². The number of nitrogens with one attached hydrogen (secondary N) is 1. The maximum atomic E-state index is 13.0. The molecule has 0 radical (unpaired) electrons. The van der Waals surface area contributed by atoms with E-state index in [1.807, 2.05) is 60.7 Å². The van der Waals surface area contributed by atoms with Gasteiger partial charge in [0.2, 0.25) is 5.88 Å². The van der Waals surface area contributed by atoms with Gasteiger partial charge in [-0.15, -0.1) is 5.10 Å². The number of nitrogens with zero attached hydrogens (tertiary/aromatic N) is 2. The van der Waals surface area contributed by atoms with E-state index in [2.05, 4.69) is 10.4 Å². The van der Waals surface area contributed by atoms with Gasteiger partial charge < -0.3 is 10.1 Å². The van der Waals surface area contributed by atoms with Gasteiger partial charge >= 0.3 is 0 Å². The highest BCUT2D eigenvalue weighted by atomic mass is 16.5. The minimum absolute atomic E-state index is 0.0262. The number of carbonyl (C=O) groups excluding carboxylic acids is 2. The Balaban J connectivity index is 1.55. The third kappa shape index (κ3) is 5.29. The van der Waals surface area contributed by atoms with Crippen molar-refractivity contribution < 1.29 is 14.3 Å². The summed E-state index contributed by atoms with van der Waals surface area (Å²) >= 11 is 0. The van der Waals surface area contributed by atoms with Gasteiger partial charge in [-0.05, 0) is 42.3 Å².